The lowest BCUT2D eigenvalue weighted by molar-refractivity contribution is 0.149. The molecule has 0 saturated carbocycles. The van der Waals surface area contributed by atoms with Crippen LogP contribution in [-0.4, -0.2) is 11.1 Å². The van der Waals surface area contributed by atoms with Crippen molar-refractivity contribution in [1.29, 1.82) is 0 Å². The molecule has 0 aliphatic rings. The molecule has 0 aromatic heterocycles. The van der Waals surface area contributed by atoms with E-state index in [9.17, 15) is 9.50 Å². The average molecular weight is 183 g/mol. The van der Waals surface area contributed by atoms with Crippen molar-refractivity contribution in [3.63, 3.8) is 0 Å². The maximum absolute atomic E-state index is 13.2. The predicted molar refractivity (Wildman–Crippen MR) is 49.7 cm³/mol. The van der Waals surface area contributed by atoms with Crippen molar-refractivity contribution in [3.05, 3.63) is 35.1 Å². The Morgan fingerprint density at radius 1 is 1.46 bits per heavy atom. The third-order valence-corrected chi connectivity index (χ3v) is 1.97. The number of rotatable bonds is 2. The van der Waals surface area contributed by atoms with Crippen LogP contribution < -0.4 is 5.73 Å². The van der Waals surface area contributed by atoms with E-state index in [4.69, 9.17) is 5.73 Å². The molecule has 0 amide bonds. The van der Waals surface area contributed by atoms with Crippen molar-refractivity contribution in [2.24, 2.45) is 5.73 Å². The fourth-order valence-corrected chi connectivity index (χ4v) is 1.16. The molecule has 1 rings (SSSR count). The van der Waals surface area contributed by atoms with Crippen LogP contribution in [0, 0.1) is 12.7 Å². The molecule has 2 atom stereocenters. The summed E-state index contributed by atoms with van der Waals surface area (Å²) < 4.78 is 13.2. The van der Waals surface area contributed by atoms with Crippen LogP contribution in [0.5, 0.6) is 0 Å². The summed E-state index contributed by atoms with van der Waals surface area (Å²) in [5, 5.41) is 9.50. The molecule has 3 N–H and O–H groups in total. The molecule has 0 unspecified atom stereocenters. The summed E-state index contributed by atoms with van der Waals surface area (Å²) in [5.41, 5.74) is 6.55. The number of benzene rings is 1. The largest absolute Gasteiger partial charge is 0.387 e. The SMILES string of the molecule is Cc1ccc([C@@H](O)[C@@H](C)N)c(F)c1. The van der Waals surface area contributed by atoms with Crippen molar-refractivity contribution in [2.45, 2.75) is 26.0 Å². The first-order valence-corrected chi connectivity index (χ1v) is 4.22. The number of hydrogen-bond donors (Lipinski definition) is 2. The number of aryl methyl sites for hydroxylation is 1. The lowest BCUT2D eigenvalue weighted by Crippen LogP contribution is -2.25. The van der Waals surface area contributed by atoms with Crippen molar-refractivity contribution >= 4 is 0 Å². The summed E-state index contributed by atoms with van der Waals surface area (Å²) in [4.78, 5) is 0. The molecule has 1 aromatic rings. The van der Waals surface area contributed by atoms with E-state index in [1.807, 2.05) is 0 Å². The molecule has 2 nitrogen and oxygen atoms in total. The quantitative estimate of drug-likeness (QED) is 0.730. The molecule has 13 heavy (non-hydrogen) atoms. The molecule has 0 heterocycles. The number of halogens is 1. The summed E-state index contributed by atoms with van der Waals surface area (Å²) >= 11 is 0. The Labute approximate surface area is 77.2 Å². The van der Waals surface area contributed by atoms with Crippen LogP contribution in [-0.2, 0) is 0 Å². The Morgan fingerprint density at radius 3 is 2.54 bits per heavy atom. The number of aliphatic hydroxyl groups is 1. The molecule has 0 radical (unpaired) electrons. The zero-order valence-electron chi connectivity index (χ0n) is 7.79. The highest BCUT2D eigenvalue weighted by Gasteiger charge is 2.16. The van der Waals surface area contributed by atoms with Gasteiger partial charge in [0.2, 0.25) is 0 Å². The van der Waals surface area contributed by atoms with Gasteiger partial charge in [-0.3, -0.25) is 0 Å². The lowest BCUT2D eigenvalue weighted by atomic mass is 10.0. The van der Waals surface area contributed by atoms with E-state index < -0.39 is 18.0 Å². The normalized spacial score (nSPS) is 15.5. The summed E-state index contributed by atoms with van der Waals surface area (Å²) in [6.45, 7) is 3.44. The molecule has 0 aliphatic carbocycles. The fourth-order valence-electron chi connectivity index (χ4n) is 1.16. The van der Waals surface area contributed by atoms with Crippen LogP contribution in [0.4, 0.5) is 4.39 Å². The van der Waals surface area contributed by atoms with Gasteiger partial charge in [-0.2, -0.15) is 0 Å². The average Bonchev–Trinajstić information content (AvgIpc) is 2.03. The zero-order chi connectivity index (χ0) is 10.0. The Morgan fingerprint density at radius 2 is 2.08 bits per heavy atom. The molecule has 3 heteroatoms. The zero-order valence-corrected chi connectivity index (χ0v) is 7.79. The van der Waals surface area contributed by atoms with Crippen LogP contribution in [0.3, 0.4) is 0 Å². The van der Waals surface area contributed by atoms with Crippen LogP contribution in [0.15, 0.2) is 18.2 Å². The van der Waals surface area contributed by atoms with E-state index in [2.05, 4.69) is 0 Å². The van der Waals surface area contributed by atoms with Crippen LogP contribution in [0.25, 0.3) is 0 Å². The Kier molecular flexibility index (Phi) is 3.01. The van der Waals surface area contributed by atoms with E-state index in [1.54, 1.807) is 26.0 Å². The van der Waals surface area contributed by atoms with Crippen molar-refractivity contribution in [2.75, 3.05) is 0 Å². The summed E-state index contributed by atoms with van der Waals surface area (Å²) in [7, 11) is 0. The standard InChI is InChI=1S/C10H14FNO/c1-6-3-4-8(9(11)5-6)10(13)7(2)12/h3-5,7,10,13H,12H2,1-2H3/t7-,10+/m1/s1. The number of nitrogens with two attached hydrogens (primary N) is 1. The maximum atomic E-state index is 13.2. The van der Waals surface area contributed by atoms with E-state index in [0.717, 1.165) is 5.56 Å². The van der Waals surface area contributed by atoms with Crippen LogP contribution in [0.1, 0.15) is 24.2 Å². The number of hydrogen-bond acceptors (Lipinski definition) is 2. The number of aliphatic hydroxyl groups excluding tert-OH is 1. The molecule has 0 aliphatic heterocycles. The second-order valence-electron chi connectivity index (χ2n) is 3.33. The lowest BCUT2D eigenvalue weighted by Gasteiger charge is -2.15. The molecule has 0 fully saturated rings. The van der Waals surface area contributed by atoms with E-state index >= 15 is 0 Å². The third kappa shape index (κ3) is 2.26. The van der Waals surface area contributed by atoms with Gasteiger partial charge in [-0.1, -0.05) is 12.1 Å². The predicted octanol–water partition coefficient (Wildman–Crippen LogP) is 1.51. The minimum absolute atomic E-state index is 0.264. The second-order valence-corrected chi connectivity index (χ2v) is 3.33. The van der Waals surface area contributed by atoms with Gasteiger partial charge in [0.15, 0.2) is 0 Å². The van der Waals surface area contributed by atoms with E-state index in [0.29, 0.717) is 0 Å². The van der Waals surface area contributed by atoms with E-state index in [1.165, 1.54) is 6.07 Å². The van der Waals surface area contributed by atoms with E-state index in [-0.39, 0.29) is 5.56 Å². The Balaban J connectivity index is 3.01. The highest BCUT2D eigenvalue weighted by Crippen LogP contribution is 2.19. The minimum Gasteiger partial charge on any atom is -0.387 e. The van der Waals surface area contributed by atoms with Gasteiger partial charge >= 0.3 is 0 Å². The van der Waals surface area contributed by atoms with Crippen LogP contribution >= 0.6 is 0 Å². The van der Waals surface area contributed by atoms with Gasteiger partial charge in [-0.25, -0.2) is 4.39 Å². The van der Waals surface area contributed by atoms with Gasteiger partial charge in [0.25, 0.3) is 0 Å². The first-order chi connectivity index (χ1) is 6.02. The van der Waals surface area contributed by atoms with Gasteiger partial charge < -0.3 is 10.8 Å². The molecule has 1 aromatic carbocycles. The van der Waals surface area contributed by atoms with Gasteiger partial charge in [0.1, 0.15) is 5.82 Å². The highest BCUT2D eigenvalue weighted by molar-refractivity contribution is 5.25. The van der Waals surface area contributed by atoms with Crippen molar-refractivity contribution in [1.82, 2.24) is 0 Å². The van der Waals surface area contributed by atoms with Gasteiger partial charge in [0, 0.05) is 11.6 Å². The molecule has 72 valence electrons. The van der Waals surface area contributed by atoms with Crippen LogP contribution in [0.2, 0.25) is 0 Å². The summed E-state index contributed by atoms with van der Waals surface area (Å²) in [6, 6.07) is 4.25. The third-order valence-electron chi connectivity index (χ3n) is 1.97. The molecular weight excluding hydrogens is 169 g/mol. The first-order valence-electron chi connectivity index (χ1n) is 4.22. The van der Waals surface area contributed by atoms with Crippen molar-refractivity contribution in [3.8, 4) is 0 Å². The maximum Gasteiger partial charge on any atom is 0.129 e. The Bertz CT molecular complexity index is 299. The van der Waals surface area contributed by atoms with Gasteiger partial charge in [-0.15, -0.1) is 0 Å². The monoisotopic (exact) mass is 183 g/mol. The summed E-state index contributed by atoms with van der Waals surface area (Å²) in [6.07, 6.45) is -0.930. The second kappa shape index (κ2) is 3.85. The minimum atomic E-state index is -0.930. The van der Waals surface area contributed by atoms with Crippen molar-refractivity contribution < 1.29 is 9.50 Å². The molecule has 0 saturated heterocycles. The summed E-state index contributed by atoms with van der Waals surface area (Å²) in [5.74, 6) is -0.398. The molecule has 0 spiro atoms. The Hall–Kier alpha value is -0.930. The molecular formula is C10H14FNO. The fraction of sp³-hybridized carbons (Fsp3) is 0.400. The van der Waals surface area contributed by atoms with Gasteiger partial charge in [0.05, 0.1) is 6.10 Å². The smallest absolute Gasteiger partial charge is 0.129 e. The topological polar surface area (TPSA) is 46.2 Å². The highest BCUT2D eigenvalue weighted by atomic mass is 19.1. The molecule has 0 bridgehead atoms. The first kappa shape index (κ1) is 10.2. The van der Waals surface area contributed by atoms with Gasteiger partial charge in [-0.05, 0) is 25.5 Å².